The van der Waals surface area contributed by atoms with E-state index in [4.69, 9.17) is 16.3 Å². The van der Waals surface area contributed by atoms with Crippen molar-refractivity contribution in [3.05, 3.63) is 76.7 Å². The van der Waals surface area contributed by atoms with Gasteiger partial charge in [0.2, 0.25) is 0 Å². The fraction of sp³-hybridized carbons (Fsp3) is 0.105. The Bertz CT molecular complexity index is 951. The second-order valence-electron chi connectivity index (χ2n) is 5.55. The van der Waals surface area contributed by atoms with Crippen LogP contribution in [0.15, 0.2) is 54.6 Å². The smallest absolute Gasteiger partial charge is 0.272 e. The molecule has 0 saturated heterocycles. The van der Waals surface area contributed by atoms with Gasteiger partial charge in [-0.05, 0) is 36.4 Å². The second kappa shape index (κ2) is 8.46. The molecule has 0 aliphatic rings. The molecular weight excluding hydrogens is 371 g/mol. The van der Waals surface area contributed by atoms with Crippen molar-refractivity contribution in [3.8, 4) is 5.75 Å². The third kappa shape index (κ3) is 4.71. The number of methoxy groups -OCH3 is 1. The Morgan fingerprint density at radius 1 is 1.15 bits per heavy atom. The Kier molecular flexibility index (Phi) is 5.83. The Morgan fingerprint density at radius 2 is 1.96 bits per heavy atom. The number of ether oxygens (including phenoxy) is 1. The van der Waals surface area contributed by atoms with E-state index in [1.54, 1.807) is 49.6 Å². The first kappa shape index (κ1) is 18.6. The predicted octanol–water partition coefficient (Wildman–Crippen LogP) is 3.95. The van der Waals surface area contributed by atoms with Crippen molar-refractivity contribution in [2.45, 2.75) is 6.54 Å². The second-order valence-corrected chi connectivity index (χ2v) is 5.98. The quantitative estimate of drug-likeness (QED) is 0.670. The first-order valence-corrected chi connectivity index (χ1v) is 8.40. The lowest BCUT2D eigenvalue weighted by molar-refractivity contribution is 0.0944. The van der Waals surface area contributed by atoms with Gasteiger partial charge in [-0.3, -0.25) is 4.79 Å². The fourth-order valence-electron chi connectivity index (χ4n) is 2.34. The molecule has 1 amide bonds. The molecule has 2 aromatic carbocycles. The topological polar surface area (TPSA) is 76.1 Å². The summed E-state index contributed by atoms with van der Waals surface area (Å²) < 4.78 is 18.8. The monoisotopic (exact) mass is 386 g/mol. The molecule has 0 aliphatic heterocycles. The number of halogens is 2. The summed E-state index contributed by atoms with van der Waals surface area (Å²) in [4.78, 5) is 12.2. The van der Waals surface area contributed by atoms with Crippen LogP contribution in [0.4, 0.5) is 15.9 Å². The SMILES string of the molecule is COc1ccc(Cl)cc1Nc1ccc(C(=O)NCc2ccccc2F)nn1. The number of amides is 1. The lowest BCUT2D eigenvalue weighted by atomic mass is 10.2. The molecule has 2 N–H and O–H groups in total. The minimum atomic E-state index is -0.447. The van der Waals surface area contributed by atoms with Crippen LogP contribution >= 0.6 is 11.6 Å². The van der Waals surface area contributed by atoms with Gasteiger partial charge in [-0.15, -0.1) is 10.2 Å². The van der Waals surface area contributed by atoms with E-state index in [1.165, 1.54) is 12.1 Å². The number of benzene rings is 2. The van der Waals surface area contributed by atoms with Crippen molar-refractivity contribution < 1.29 is 13.9 Å². The zero-order chi connectivity index (χ0) is 19.2. The summed E-state index contributed by atoms with van der Waals surface area (Å²) in [5.74, 6) is 0.186. The van der Waals surface area contributed by atoms with Gasteiger partial charge in [0, 0.05) is 17.1 Å². The van der Waals surface area contributed by atoms with Gasteiger partial charge in [0.15, 0.2) is 11.5 Å². The van der Waals surface area contributed by atoms with Gasteiger partial charge in [-0.1, -0.05) is 29.8 Å². The molecule has 0 bridgehead atoms. The van der Waals surface area contributed by atoms with Gasteiger partial charge >= 0.3 is 0 Å². The summed E-state index contributed by atoms with van der Waals surface area (Å²) in [7, 11) is 1.54. The molecule has 1 heterocycles. The van der Waals surface area contributed by atoms with Crippen LogP contribution in [0.2, 0.25) is 5.02 Å². The average Bonchev–Trinajstić information content (AvgIpc) is 2.68. The Morgan fingerprint density at radius 3 is 2.67 bits per heavy atom. The van der Waals surface area contributed by atoms with Crippen molar-refractivity contribution in [1.29, 1.82) is 0 Å². The van der Waals surface area contributed by atoms with E-state index in [1.807, 2.05) is 0 Å². The Hall–Kier alpha value is -3.19. The standard InChI is InChI=1S/C19H16ClFN4O2/c1-27-17-8-6-13(20)10-16(17)23-18-9-7-15(24-25-18)19(26)22-11-12-4-2-3-5-14(12)21/h2-10H,11H2,1H3,(H,22,26)(H,23,25). The molecule has 3 rings (SSSR count). The van der Waals surface area contributed by atoms with Crippen molar-refractivity contribution in [3.63, 3.8) is 0 Å². The zero-order valence-corrected chi connectivity index (χ0v) is 15.1. The largest absolute Gasteiger partial charge is 0.495 e. The maximum atomic E-state index is 13.6. The average molecular weight is 387 g/mol. The summed E-state index contributed by atoms with van der Waals surface area (Å²) in [6.45, 7) is 0.0624. The first-order chi connectivity index (χ1) is 13.1. The summed E-state index contributed by atoms with van der Waals surface area (Å²) in [6, 6.07) is 14.5. The third-order valence-corrected chi connectivity index (χ3v) is 3.95. The highest BCUT2D eigenvalue weighted by Crippen LogP contribution is 2.29. The van der Waals surface area contributed by atoms with E-state index in [9.17, 15) is 9.18 Å². The number of nitrogens with one attached hydrogen (secondary N) is 2. The number of nitrogens with zero attached hydrogens (tertiary/aromatic N) is 2. The highest BCUT2D eigenvalue weighted by molar-refractivity contribution is 6.31. The summed E-state index contributed by atoms with van der Waals surface area (Å²) in [5.41, 5.74) is 1.14. The summed E-state index contributed by atoms with van der Waals surface area (Å²) in [5, 5.41) is 14.1. The molecule has 1 aromatic heterocycles. The molecule has 0 spiro atoms. The molecule has 6 nitrogen and oxygen atoms in total. The molecule has 0 radical (unpaired) electrons. The molecule has 0 atom stereocenters. The number of aromatic nitrogens is 2. The molecule has 3 aromatic rings. The van der Waals surface area contributed by atoms with Crippen LogP contribution in [0.25, 0.3) is 0 Å². The maximum absolute atomic E-state index is 13.6. The number of rotatable bonds is 6. The van der Waals surface area contributed by atoms with E-state index in [-0.39, 0.29) is 18.1 Å². The number of anilines is 2. The molecule has 0 unspecified atom stereocenters. The summed E-state index contributed by atoms with van der Waals surface area (Å²) >= 11 is 5.99. The zero-order valence-electron chi connectivity index (χ0n) is 14.4. The van der Waals surface area contributed by atoms with Crippen molar-refractivity contribution in [2.75, 3.05) is 12.4 Å². The van der Waals surface area contributed by atoms with Crippen molar-refractivity contribution in [2.24, 2.45) is 0 Å². The highest BCUT2D eigenvalue weighted by Gasteiger charge is 2.10. The third-order valence-electron chi connectivity index (χ3n) is 3.72. The molecule has 0 fully saturated rings. The number of carbonyl (C=O) groups excluding carboxylic acids is 1. The predicted molar refractivity (Wildman–Crippen MR) is 101 cm³/mol. The lowest BCUT2D eigenvalue weighted by Gasteiger charge is -2.11. The van der Waals surface area contributed by atoms with E-state index in [0.29, 0.717) is 27.8 Å². The van der Waals surface area contributed by atoms with Gasteiger partial charge in [-0.2, -0.15) is 0 Å². The van der Waals surface area contributed by atoms with E-state index in [0.717, 1.165) is 0 Å². The van der Waals surface area contributed by atoms with Crippen LogP contribution in [0.3, 0.4) is 0 Å². The van der Waals surface area contributed by atoms with E-state index >= 15 is 0 Å². The van der Waals surface area contributed by atoms with Gasteiger partial charge < -0.3 is 15.4 Å². The van der Waals surface area contributed by atoms with Gasteiger partial charge in [0.1, 0.15) is 11.6 Å². The molecular formula is C19H16ClFN4O2. The molecule has 27 heavy (non-hydrogen) atoms. The maximum Gasteiger partial charge on any atom is 0.272 e. The molecule has 138 valence electrons. The number of hydrogen-bond acceptors (Lipinski definition) is 5. The summed E-state index contributed by atoms with van der Waals surface area (Å²) in [6.07, 6.45) is 0. The molecule has 0 saturated carbocycles. The Balaban J connectivity index is 1.65. The normalized spacial score (nSPS) is 10.3. The Labute approximate surface area is 160 Å². The van der Waals surface area contributed by atoms with Crippen LogP contribution in [-0.4, -0.2) is 23.2 Å². The first-order valence-electron chi connectivity index (χ1n) is 8.02. The van der Waals surface area contributed by atoms with Crippen LogP contribution in [0.5, 0.6) is 5.75 Å². The molecule has 8 heteroatoms. The number of carbonyl (C=O) groups is 1. The molecule has 0 aliphatic carbocycles. The van der Waals surface area contributed by atoms with Gasteiger partial charge in [-0.25, -0.2) is 4.39 Å². The van der Waals surface area contributed by atoms with Crippen LogP contribution in [0.1, 0.15) is 16.1 Å². The van der Waals surface area contributed by atoms with E-state index in [2.05, 4.69) is 20.8 Å². The highest BCUT2D eigenvalue weighted by atomic mass is 35.5. The van der Waals surface area contributed by atoms with Crippen molar-refractivity contribution in [1.82, 2.24) is 15.5 Å². The van der Waals surface area contributed by atoms with Crippen LogP contribution < -0.4 is 15.4 Å². The minimum absolute atomic E-state index is 0.0624. The minimum Gasteiger partial charge on any atom is -0.495 e. The van der Waals surface area contributed by atoms with Crippen molar-refractivity contribution >= 4 is 29.0 Å². The lowest BCUT2D eigenvalue weighted by Crippen LogP contribution is -2.24. The van der Waals surface area contributed by atoms with Gasteiger partial charge in [0.05, 0.1) is 12.8 Å². The fourth-order valence-corrected chi connectivity index (χ4v) is 2.52. The number of hydrogen-bond donors (Lipinski definition) is 2. The van der Waals surface area contributed by atoms with Crippen LogP contribution in [-0.2, 0) is 6.54 Å². The van der Waals surface area contributed by atoms with Gasteiger partial charge in [0.25, 0.3) is 5.91 Å². The van der Waals surface area contributed by atoms with Crippen LogP contribution in [0, 0.1) is 5.82 Å². The van der Waals surface area contributed by atoms with E-state index < -0.39 is 5.91 Å².